The third kappa shape index (κ3) is 3.32. The molecular formula is C15H18N4O. The number of aryl methyl sites for hydroxylation is 1. The minimum absolute atomic E-state index is 0.164. The van der Waals surface area contributed by atoms with Crippen LogP contribution in [0.4, 0.5) is 5.82 Å². The first-order chi connectivity index (χ1) is 9.60. The molecule has 2 aromatic rings. The van der Waals surface area contributed by atoms with Gasteiger partial charge in [0.25, 0.3) is 5.91 Å². The number of nitrogens with one attached hydrogen (secondary N) is 1. The third-order valence-corrected chi connectivity index (χ3v) is 3.00. The lowest BCUT2D eigenvalue weighted by atomic mass is 10.1. The maximum atomic E-state index is 12.2. The highest BCUT2D eigenvalue weighted by atomic mass is 16.1. The Morgan fingerprint density at radius 3 is 2.85 bits per heavy atom. The second-order valence-electron chi connectivity index (χ2n) is 4.58. The van der Waals surface area contributed by atoms with Crippen LogP contribution in [0.1, 0.15) is 41.6 Å². The number of nitrogen functional groups attached to an aromatic ring is 1. The molecule has 3 N–H and O–H groups in total. The second-order valence-corrected chi connectivity index (χ2v) is 4.58. The van der Waals surface area contributed by atoms with E-state index in [0.29, 0.717) is 11.4 Å². The zero-order chi connectivity index (χ0) is 14.5. The van der Waals surface area contributed by atoms with E-state index in [4.69, 9.17) is 5.73 Å². The summed E-state index contributed by atoms with van der Waals surface area (Å²) < 4.78 is 0. The second kappa shape index (κ2) is 6.14. The molecule has 20 heavy (non-hydrogen) atoms. The first-order valence-electron chi connectivity index (χ1n) is 6.58. The Kier molecular flexibility index (Phi) is 4.30. The molecule has 0 aromatic carbocycles. The Morgan fingerprint density at radius 1 is 1.40 bits per heavy atom. The Hall–Kier alpha value is -2.43. The van der Waals surface area contributed by atoms with Gasteiger partial charge in [-0.1, -0.05) is 13.0 Å². The highest BCUT2D eigenvalue weighted by Gasteiger charge is 2.13. The number of nitrogens with zero attached hydrogens (tertiary/aromatic N) is 2. The maximum absolute atomic E-state index is 12.2. The van der Waals surface area contributed by atoms with Crippen LogP contribution in [0.5, 0.6) is 0 Å². The standard InChI is InChI=1S/C15H18N4O/c1-3-12-8-11(9-14(16)19-12)15(20)18-10(2)13-6-4-5-7-17-13/h4-10H,3H2,1-2H3,(H2,16,19)(H,18,20). The van der Waals surface area contributed by atoms with Gasteiger partial charge in [-0.3, -0.25) is 9.78 Å². The molecule has 0 radical (unpaired) electrons. The summed E-state index contributed by atoms with van der Waals surface area (Å²) in [5.41, 5.74) is 7.86. The lowest BCUT2D eigenvalue weighted by molar-refractivity contribution is 0.0939. The van der Waals surface area contributed by atoms with Crippen molar-refractivity contribution in [3.8, 4) is 0 Å². The van der Waals surface area contributed by atoms with Crippen molar-refractivity contribution < 1.29 is 4.79 Å². The topological polar surface area (TPSA) is 80.9 Å². The van der Waals surface area contributed by atoms with Gasteiger partial charge in [0, 0.05) is 17.5 Å². The van der Waals surface area contributed by atoms with Crippen LogP contribution in [-0.4, -0.2) is 15.9 Å². The summed E-state index contributed by atoms with van der Waals surface area (Å²) in [6, 6.07) is 8.79. The van der Waals surface area contributed by atoms with E-state index in [-0.39, 0.29) is 11.9 Å². The molecule has 5 nitrogen and oxygen atoms in total. The molecule has 0 aliphatic heterocycles. The number of rotatable bonds is 4. The van der Waals surface area contributed by atoms with E-state index >= 15 is 0 Å². The van der Waals surface area contributed by atoms with Crippen LogP contribution in [-0.2, 0) is 6.42 Å². The average Bonchev–Trinajstić information content (AvgIpc) is 2.47. The van der Waals surface area contributed by atoms with E-state index in [1.807, 2.05) is 32.0 Å². The quantitative estimate of drug-likeness (QED) is 0.891. The normalized spacial score (nSPS) is 11.9. The number of nitrogens with two attached hydrogens (primary N) is 1. The molecule has 0 aliphatic rings. The summed E-state index contributed by atoms with van der Waals surface area (Å²) in [5, 5.41) is 2.91. The summed E-state index contributed by atoms with van der Waals surface area (Å²) in [5.74, 6) is 0.187. The molecular weight excluding hydrogens is 252 g/mol. The number of carbonyl (C=O) groups is 1. The number of aromatic nitrogens is 2. The number of carbonyl (C=O) groups excluding carboxylic acids is 1. The SMILES string of the molecule is CCc1cc(C(=O)NC(C)c2ccccn2)cc(N)n1. The molecule has 2 heterocycles. The van der Waals surface area contributed by atoms with Crippen molar-refractivity contribution in [2.75, 3.05) is 5.73 Å². The van der Waals surface area contributed by atoms with Gasteiger partial charge in [0.1, 0.15) is 5.82 Å². The summed E-state index contributed by atoms with van der Waals surface area (Å²) >= 11 is 0. The highest BCUT2D eigenvalue weighted by Crippen LogP contribution is 2.12. The lowest BCUT2D eigenvalue weighted by Crippen LogP contribution is -2.27. The lowest BCUT2D eigenvalue weighted by Gasteiger charge is -2.13. The van der Waals surface area contributed by atoms with E-state index in [0.717, 1.165) is 17.8 Å². The molecule has 5 heteroatoms. The van der Waals surface area contributed by atoms with Crippen LogP contribution in [0.25, 0.3) is 0 Å². The fourth-order valence-corrected chi connectivity index (χ4v) is 1.91. The molecule has 2 aromatic heterocycles. The number of hydrogen-bond acceptors (Lipinski definition) is 4. The number of pyridine rings is 2. The summed E-state index contributed by atoms with van der Waals surface area (Å²) in [7, 11) is 0. The van der Waals surface area contributed by atoms with Crippen molar-refractivity contribution in [2.24, 2.45) is 0 Å². The third-order valence-electron chi connectivity index (χ3n) is 3.00. The van der Waals surface area contributed by atoms with Crippen LogP contribution in [0.3, 0.4) is 0 Å². The van der Waals surface area contributed by atoms with Crippen molar-refractivity contribution in [3.05, 3.63) is 53.5 Å². The van der Waals surface area contributed by atoms with Gasteiger partial charge >= 0.3 is 0 Å². The molecule has 1 amide bonds. The molecule has 0 saturated carbocycles. The van der Waals surface area contributed by atoms with Gasteiger partial charge in [-0.15, -0.1) is 0 Å². The van der Waals surface area contributed by atoms with Crippen LogP contribution in [0, 0.1) is 0 Å². The number of anilines is 1. The molecule has 0 bridgehead atoms. The van der Waals surface area contributed by atoms with Crippen LogP contribution < -0.4 is 11.1 Å². The fourth-order valence-electron chi connectivity index (χ4n) is 1.91. The van der Waals surface area contributed by atoms with Crippen molar-refractivity contribution in [1.29, 1.82) is 0 Å². The zero-order valence-corrected chi connectivity index (χ0v) is 11.6. The Morgan fingerprint density at radius 2 is 2.20 bits per heavy atom. The van der Waals surface area contributed by atoms with Crippen molar-refractivity contribution in [3.63, 3.8) is 0 Å². The van der Waals surface area contributed by atoms with Gasteiger partial charge in [-0.05, 0) is 37.6 Å². The van der Waals surface area contributed by atoms with E-state index in [1.165, 1.54) is 0 Å². The van der Waals surface area contributed by atoms with Crippen molar-refractivity contribution in [2.45, 2.75) is 26.3 Å². The first kappa shape index (κ1) is 14.0. The van der Waals surface area contributed by atoms with E-state index < -0.39 is 0 Å². The van der Waals surface area contributed by atoms with Gasteiger partial charge < -0.3 is 11.1 Å². The molecule has 1 unspecified atom stereocenters. The van der Waals surface area contributed by atoms with Gasteiger partial charge in [-0.2, -0.15) is 0 Å². The number of amides is 1. The molecule has 1 atom stereocenters. The van der Waals surface area contributed by atoms with Gasteiger partial charge in [0.15, 0.2) is 0 Å². The molecule has 0 saturated heterocycles. The minimum atomic E-state index is -0.174. The summed E-state index contributed by atoms with van der Waals surface area (Å²) in [6.45, 7) is 3.87. The Balaban J connectivity index is 2.14. The van der Waals surface area contributed by atoms with E-state index in [9.17, 15) is 4.79 Å². The van der Waals surface area contributed by atoms with Crippen LogP contribution >= 0.6 is 0 Å². The predicted molar refractivity (Wildman–Crippen MR) is 78.1 cm³/mol. The smallest absolute Gasteiger partial charge is 0.252 e. The van der Waals surface area contributed by atoms with Gasteiger partial charge in [0.2, 0.25) is 0 Å². The van der Waals surface area contributed by atoms with Crippen molar-refractivity contribution in [1.82, 2.24) is 15.3 Å². The first-order valence-corrected chi connectivity index (χ1v) is 6.58. The zero-order valence-electron chi connectivity index (χ0n) is 11.6. The molecule has 0 aliphatic carbocycles. The molecule has 104 valence electrons. The maximum Gasteiger partial charge on any atom is 0.252 e. The van der Waals surface area contributed by atoms with E-state index in [2.05, 4.69) is 15.3 Å². The molecule has 0 fully saturated rings. The average molecular weight is 270 g/mol. The largest absolute Gasteiger partial charge is 0.384 e. The van der Waals surface area contributed by atoms with Gasteiger partial charge in [0.05, 0.1) is 11.7 Å². The van der Waals surface area contributed by atoms with Crippen LogP contribution in [0.15, 0.2) is 36.5 Å². The summed E-state index contributed by atoms with van der Waals surface area (Å²) in [6.07, 6.45) is 2.44. The highest BCUT2D eigenvalue weighted by molar-refractivity contribution is 5.95. The van der Waals surface area contributed by atoms with E-state index in [1.54, 1.807) is 18.3 Å². The monoisotopic (exact) mass is 270 g/mol. The molecule has 2 rings (SSSR count). The summed E-state index contributed by atoms with van der Waals surface area (Å²) in [4.78, 5) is 20.6. The number of hydrogen-bond donors (Lipinski definition) is 2. The predicted octanol–water partition coefficient (Wildman–Crippen LogP) is 2.11. The Bertz CT molecular complexity index is 598. The van der Waals surface area contributed by atoms with Gasteiger partial charge in [-0.25, -0.2) is 4.98 Å². The Labute approximate surface area is 118 Å². The molecule has 0 spiro atoms. The fraction of sp³-hybridized carbons (Fsp3) is 0.267. The van der Waals surface area contributed by atoms with Crippen molar-refractivity contribution >= 4 is 11.7 Å². The minimum Gasteiger partial charge on any atom is -0.384 e. The van der Waals surface area contributed by atoms with Crippen LogP contribution in [0.2, 0.25) is 0 Å².